The zero-order valence-electron chi connectivity index (χ0n) is 14.0. The molecule has 0 spiro atoms. The van der Waals surface area contributed by atoms with E-state index in [1.54, 1.807) is 18.3 Å². The molecule has 0 unspecified atom stereocenters. The molecule has 0 saturated heterocycles. The van der Waals surface area contributed by atoms with Crippen molar-refractivity contribution >= 4 is 35.2 Å². The third-order valence-electron chi connectivity index (χ3n) is 3.28. The van der Waals surface area contributed by atoms with Gasteiger partial charge in [-0.15, -0.1) is 11.8 Å². The van der Waals surface area contributed by atoms with Gasteiger partial charge in [-0.1, -0.05) is 17.7 Å². The largest absolute Gasteiger partial charge is 0.357 e. The molecule has 0 aliphatic carbocycles. The first kappa shape index (κ1) is 18.6. The number of aromatic nitrogens is 1. The van der Waals surface area contributed by atoms with Gasteiger partial charge in [-0.3, -0.25) is 25.2 Å². The molecule has 0 bridgehead atoms. The maximum Gasteiger partial charge on any atom is 0.286 e. The van der Waals surface area contributed by atoms with Gasteiger partial charge in [0.05, 0.1) is 11.5 Å². The Morgan fingerprint density at radius 3 is 2.48 bits per heavy atom. The summed E-state index contributed by atoms with van der Waals surface area (Å²) in [6, 6.07) is 9.05. The first-order valence-electron chi connectivity index (χ1n) is 7.63. The number of hydrogen-bond acceptors (Lipinski definition) is 4. The standard InChI is InChI=1S/C17H20N4O3S/c1-11-5-6-13(12(2)8-11)19-15(22)9-25-10-16(23)20-21-17(24)14-4-3-7-18-14/h3-8,18H,9-10H2,1-2H3,(H,19,22)(H,20,23)(H,21,24). The highest BCUT2D eigenvalue weighted by Gasteiger charge is 2.09. The molecular formula is C17H20N4O3S. The second-order valence-electron chi connectivity index (χ2n) is 5.45. The number of carbonyl (C=O) groups is 3. The topological polar surface area (TPSA) is 103 Å². The van der Waals surface area contributed by atoms with Gasteiger partial charge in [0.1, 0.15) is 5.69 Å². The molecule has 0 aliphatic heterocycles. The molecule has 8 heteroatoms. The number of aryl methyl sites for hydroxylation is 2. The lowest BCUT2D eigenvalue weighted by atomic mass is 10.1. The lowest BCUT2D eigenvalue weighted by Crippen LogP contribution is -2.42. The van der Waals surface area contributed by atoms with Crippen LogP contribution in [-0.4, -0.2) is 34.2 Å². The van der Waals surface area contributed by atoms with Gasteiger partial charge in [-0.25, -0.2) is 0 Å². The van der Waals surface area contributed by atoms with Crippen LogP contribution in [0.1, 0.15) is 21.6 Å². The van der Waals surface area contributed by atoms with Crippen LogP contribution in [0.2, 0.25) is 0 Å². The third kappa shape index (κ3) is 6.00. The van der Waals surface area contributed by atoms with E-state index in [1.165, 1.54) is 0 Å². The molecule has 2 aromatic rings. The first-order valence-corrected chi connectivity index (χ1v) is 8.78. The fraction of sp³-hybridized carbons (Fsp3) is 0.235. The molecule has 3 amide bonds. The summed E-state index contributed by atoms with van der Waals surface area (Å²) >= 11 is 1.16. The van der Waals surface area contributed by atoms with E-state index in [2.05, 4.69) is 21.2 Å². The quantitative estimate of drug-likeness (QED) is 0.590. The number of hydrazine groups is 1. The molecule has 0 radical (unpaired) electrons. The summed E-state index contributed by atoms with van der Waals surface area (Å²) < 4.78 is 0. The van der Waals surface area contributed by atoms with Gasteiger partial charge in [-0.05, 0) is 37.6 Å². The van der Waals surface area contributed by atoms with Crippen molar-refractivity contribution in [2.24, 2.45) is 0 Å². The molecule has 25 heavy (non-hydrogen) atoms. The van der Waals surface area contributed by atoms with E-state index < -0.39 is 5.91 Å². The smallest absolute Gasteiger partial charge is 0.286 e. The SMILES string of the molecule is Cc1ccc(NC(=O)CSCC(=O)NNC(=O)c2ccc[nH]2)c(C)c1. The van der Waals surface area contributed by atoms with Crippen LogP contribution in [0, 0.1) is 13.8 Å². The van der Waals surface area contributed by atoms with Gasteiger partial charge in [-0.2, -0.15) is 0 Å². The van der Waals surface area contributed by atoms with E-state index >= 15 is 0 Å². The predicted octanol–water partition coefficient (Wildman–Crippen LogP) is 1.76. The second-order valence-corrected chi connectivity index (χ2v) is 6.43. The van der Waals surface area contributed by atoms with Gasteiger partial charge in [0.15, 0.2) is 0 Å². The molecule has 1 heterocycles. The van der Waals surface area contributed by atoms with Crippen LogP contribution in [0.15, 0.2) is 36.5 Å². The molecule has 0 aliphatic rings. The highest BCUT2D eigenvalue weighted by Crippen LogP contribution is 2.16. The van der Waals surface area contributed by atoms with Crippen molar-refractivity contribution in [3.05, 3.63) is 53.3 Å². The normalized spacial score (nSPS) is 10.2. The van der Waals surface area contributed by atoms with Gasteiger partial charge in [0.25, 0.3) is 5.91 Å². The summed E-state index contributed by atoms with van der Waals surface area (Å²) in [7, 11) is 0. The lowest BCUT2D eigenvalue weighted by molar-refractivity contribution is -0.119. The van der Waals surface area contributed by atoms with Crippen molar-refractivity contribution in [3.63, 3.8) is 0 Å². The Balaban J connectivity index is 1.66. The lowest BCUT2D eigenvalue weighted by Gasteiger charge is -2.09. The van der Waals surface area contributed by atoms with E-state index in [9.17, 15) is 14.4 Å². The Kier molecular flexibility index (Phi) is 6.64. The fourth-order valence-electron chi connectivity index (χ4n) is 2.08. The minimum atomic E-state index is -0.434. The second kappa shape index (κ2) is 8.93. The Bertz CT molecular complexity index is 759. The summed E-state index contributed by atoms with van der Waals surface area (Å²) in [4.78, 5) is 37.9. The first-order chi connectivity index (χ1) is 12.0. The molecule has 7 nitrogen and oxygen atoms in total. The van der Waals surface area contributed by atoms with E-state index in [4.69, 9.17) is 0 Å². The Labute approximate surface area is 149 Å². The highest BCUT2D eigenvalue weighted by atomic mass is 32.2. The molecule has 2 rings (SSSR count). The van der Waals surface area contributed by atoms with Crippen molar-refractivity contribution in [2.75, 3.05) is 16.8 Å². The average molecular weight is 360 g/mol. The highest BCUT2D eigenvalue weighted by molar-refractivity contribution is 8.00. The molecule has 1 aromatic carbocycles. The molecule has 0 atom stereocenters. The van der Waals surface area contributed by atoms with Crippen molar-refractivity contribution < 1.29 is 14.4 Å². The zero-order chi connectivity index (χ0) is 18.2. The Hall–Kier alpha value is -2.74. The van der Waals surface area contributed by atoms with Crippen LogP contribution in [0.5, 0.6) is 0 Å². The number of benzene rings is 1. The summed E-state index contributed by atoms with van der Waals surface area (Å²) in [6.07, 6.45) is 1.61. The van der Waals surface area contributed by atoms with E-state index in [0.717, 1.165) is 28.6 Å². The molecule has 0 fully saturated rings. The monoisotopic (exact) mass is 360 g/mol. The van der Waals surface area contributed by atoms with Gasteiger partial charge in [0, 0.05) is 11.9 Å². The minimum absolute atomic E-state index is 0.0608. The fourth-order valence-corrected chi connectivity index (χ4v) is 2.70. The summed E-state index contributed by atoms with van der Waals surface area (Å²) in [5.74, 6) is -0.795. The molecule has 4 N–H and O–H groups in total. The molecule has 1 aromatic heterocycles. The Morgan fingerprint density at radius 1 is 1.04 bits per heavy atom. The maximum absolute atomic E-state index is 11.9. The van der Waals surface area contributed by atoms with Crippen LogP contribution >= 0.6 is 11.8 Å². The number of aromatic amines is 1. The van der Waals surface area contributed by atoms with E-state index in [1.807, 2.05) is 32.0 Å². The van der Waals surface area contributed by atoms with Gasteiger partial charge < -0.3 is 10.3 Å². The minimum Gasteiger partial charge on any atom is -0.357 e. The summed E-state index contributed by atoms with van der Waals surface area (Å²) in [6.45, 7) is 3.91. The summed E-state index contributed by atoms with van der Waals surface area (Å²) in [5, 5.41) is 2.81. The number of nitrogens with one attached hydrogen (secondary N) is 4. The van der Waals surface area contributed by atoms with Gasteiger partial charge >= 0.3 is 0 Å². The van der Waals surface area contributed by atoms with Crippen LogP contribution in [0.3, 0.4) is 0 Å². The molecular weight excluding hydrogens is 340 g/mol. The maximum atomic E-state index is 11.9. The number of thioether (sulfide) groups is 1. The number of rotatable bonds is 6. The third-order valence-corrected chi connectivity index (χ3v) is 4.21. The van der Waals surface area contributed by atoms with Crippen molar-refractivity contribution in [3.8, 4) is 0 Å². The molecule has 0 saturated carbocycles. The van der Waals surface area contributed by atoms with Crippen LogP contribution < -0.4 is 16.2 Å². The summed E-state index contributed by atoms with van der Waals surface area (Å²) in [5.41, 5.74) is 7.82. The molecule has 132 valence electrons. The van der Waals surface area contributed by atoms with Crippen molar-refractivity contribution in [1.29, 1.82) is 0 Å². The number of amides is 3. The van der Waals surface area contributed by atoms with Crippen molar-refractivity contribution in [1.82, 2.24) is 15.8 Å². The van der Waals surface area contributed by atoms with E-state index in [0.29, 0.717) is 5.69 Å². The van der Waals surface area contributed by atoms with Crippen LogP contribution in [0.4, 0.5) is 5.69 Å². The number of carbonyl (C=O) groups excluding carboxylic acids is 3. The number of hydrogen-bond donors (Lipinski definition) is 4. The number of H-pyrrole nitrogens is 1. The Morgan fingerprint density at radius 2 is 1.80 bits per heavy atom. The predicted molar refractivity (Wildman–Crippen MR) is 98.3 cm³/mol. The zero-order valence-corrected chi connectivity index (χ0v) is 14.8. The number of anilines is 1. The van der Waals surface area contributed by atoms with Crippen LogP contribution in [-0.2, 0) is 9.59 Å². The average Bonchev–Trinajstić information content (AvgIpc) is 3.10. The van der Waals surface area contributed by atoms with Crippen LogP contribution in [0.25, 0.3) is 0 Å². The van der Waals surface area contributed by atoms with Crippen molar-refractivity contribution in [2.45, 2.75) is 13.8 Å². The van der Waals surface area contributed by atoms with Gasteiger partial charge in [0.2, 0.25) is 11.8 Å². The van der Waals surface area contributed by atoms with E-state index in [-0.39, 0.29) is 23.3 Å².